The topological polar surface area (TPSA) is 50.4 Å². The van der Waals surface area contributed by atoms with Gasteiger partial charge in [-0.2, -0.15) is 0 Å². The second kappa shape index (κ2) is 6.95. The highest BCUT2D eigenvalue weighted by molar-refractivity contribution is 6.32. The van der Waals surface area contributed by atoms with Gasteiger partial charge in [0.1, 0.15) is 5.75 Å². The number of nitrogens with one attached hydrogen (secondary N) is 2. The molecule has 1 aliphatic rings. The van der Waals surface area contributed by atoms with Gasteiger partial charge in [-0.25, -0.2) is 0 Å². The molecule has 2 N–H and O–H groups in total. The predicted octanol–water partition coefficient (Wildman–Crippen LogP) is 2.36. The Hall–Kier alpha value is -1.26. The predicted molar refractivity (Wildman–Crippen MR) is 80.2 cm³/mol. The SMILES string of the molecule is CC1CC(NC(=O)C(C)Oc2ccccc2Cl)CCN1. The van der Waals surface area contributed by atoms with Crippen LogP contribution in [0.1, 0.15) is 26.7 Å². The second-order valence-corrected chi connectivity index (χ2v) is 5.68. The molecule has 0 aromatic heterocycles. The van der Waals surface area contributed by atoms with Gasteiger partial charge in [-0.05, 0) is 45.4 Å². The normalized spacial score (nSPS) is 23.9. The maximum Gasteiger partial charge on any atom is 0.260 e. The molecule has 0 bridgehead atoms. The Labute approximate surface area is 124 Å². The molecule has 1 aromatic rings. The highest BCUT2D eigenvalue weighted by Gasteiger charge is 2.23. The van der Waals surface area contributed by atoms with Crippen molar-refractivity contribution in [3.05, 3.63) is 29.3 Å². The summed E-state index contributed by atoms with van der Waals surface area (Å²) < 4.78 is 5.62. The van der Waals surface area contributed by atoms with Crippen molar-refractivity contribution in [1.29, 1.82) is 0 Å². The van der Waals surface area contributed by atoms with Crippen LogP contribution in [0.3, 0.4) is 0 Å². The first-order valence-corrected chi connectivity index (χ1v) is 7.39. The molecular weight excluding hydrogens is 276 g/mol. The first kappa shape index (κ1) is 15.1. The molecule has 1 amide bonds. The zero-order valence-corrected chi connectivity index (χ0v) is 12.6. The molecule has 1 aliphatic heterocycles. The van der Waals surface area contributed by atoms with Gasteiger partial charge in [-0.15, -0.1) is 0 Å². The van der Waals surface area contributed by atoms with Crippen molar-refractivity contribution in [3.63, 3.8) is 0 Å². The van der Waals surface area contributed by atoms with E-state index < -0.39 is 6.10 Å². The smallest absolute Gasteiger partial charge is 0.260 e. The monoisotopic (exact) mass is 296 g/mol. The zero-order valence-electron chi connectivity index (χ0n) is 11.9. The third kappa shape index (κ3) is 4.12. The van der Waals surface area contributed by atoms with Crippen LogP contribution in [0.2, 0.25) is 5.02 Å². The molecule has 110 valence electrons. The molecule has 0 aliphatic carbocycles. The lowest BCUT2D eigenvalue weighted by molar-refractivity contribution is -0.128. The molecule has 0 spiro atoms. The lowest BCUT2D eigenvalue weighted by Gasteiger charge is -2.29. The van der Waals surface area contributed by atoms with Crippen LogP contribution in [0.5, 0.6) is 5.75 Å². The van der Waals surface area contributed by atoms with Gasteiger partial charge in [0.2, 0.25) is 0 Å². The molecule has 1 heterocycles. The average molecular weight is 297 g/mol. The third-order valence-corrected chi connectivity index (χ3v) is 3.79. The third-order valence-electron chi connectivity index (χ3n) is 3.48. The molecule has 0 radical (unpaired) electrons. The largest absolute Gasteiger partial charge is 0.479 e. The van der Waals surface area contributed by atoms with E-state index in [2.05, 4.69) is 17.6 Å². The van der Waals surface area contributed by atoms with Gasteiger partial charge in [0.25, 0.3) is 5.91 Å². The van der Waals surface area contributed by atoms with Crippen molar-refractivity contribution >= 4 is 17.5 Å². The van der Waals surface area contributed by atoms with Crippen molar-refractivity contribution in [2.75, 3.05) is 6.54 Å². The zero-order chi connectivity index (χ0) is 14.5. The van der Waals surface area contributed by atoms with E-state index in [1.807, 2.05) is 12.1 Å². The van der Waals surface area contributed by atoms with E-state index in [0.717, 1.165) is 19.4 Å². The highest BCUT2D eigenvalue weighted by atomic mass is 35.5. The lowest BCUT2D eigenvalue weighted by atomic mass is 10.0. The van der Waals surface area contributed by atoms with E-state index in [4.69, 9.17) is 16.3 Å². The summed E-state index contributed by atoms with van der Waals surface area (Å²) in [4.78, 5) is 12.1. The minimum absolute atomic E-state index is 0.0935. The minimum atomic E-state index is -0.555. The number of amides is 1. The van der Waals surface area contributed by atoms with Crippen LogP contribution >= 0.6 is 11.6 Å². The summed E-state index contributed by atoms with van der Waals surface area (Å²) in [5.41, 5.74) is 0. The number of rotatable bonds is 4. The van der Waals surface area contributed by atoms with Crippen molar-refractivity contribution in [2.45, 2.75) is 44.9 Å². The summed E-state index contributed by atoms with van der Waals surface area (Å²) in [7, 11) is 0. The Bertz CT molecular complexity index is 467. The number of ether oxygens (including phenoxy) is 1. The van der Waals surface area contributed by atoms with Crippen LogP contribution in [0, 0.1) is 0 Å². The molecule has 5 heteroatoms. The van der Waals surface area contributed by atoms with Gasteiger partial charge in [0, 0.05) is 12.1 Å². The van der Waals surface area contributed by atoms with Crippen LogP contribution in [0.25, 0.3) is 0 Å². The van der Waals surface area contributed by atoms with E-state index in [1.165, 1.54) is 0 Å². The van der Waals surface area contributed by atoms with Gasteiger partial charge in [-0.1, -0.05) is 23.7 Å². The number of piperidine rings is 1. The van der Waals surface area contributed by atoms with Crippen molar-refractivity contribution in [2.24, 2.45) is 0 Å². The van der Waals surface area contributed by atoms with Crippen LogP contribution in [-0.2, 0) is 4.79 Å². The number of hydrogen-bond acceptors (Lipinski definition) is 3. The quantitative estimate of drug-likeness (QED) is 0.897. The molecule has 1 saturated heterocycles. The number of carbonyl (C=O) groups is 1. The Balaban J connectivity index is 1.87. The fourth-order valence-electron chi connectivity index (χ4n) is 2.37. The van der Waals surface area contributed by atoms with E-state index in [1.54, 1.807) is 19.1 Å². The van der Waals surface area contributed by atoms with Crippen LogP contribution in [-0.4, -0.2) is 30.6 Å². The first-order chi connectivity index (χ1) is 9.56. The Kier molecular flexibility index (Phi) is 5.26. The summed E-state index contributed by atoms with van der Waals surface area (Å²) in [6, 6.07) is 7.83. The van der Waals surface area contributed by atoms with Gasteiger partial charge < -0.3 is 15.4 Å². The summed E-state index contributed by atoms with van der Waals surface area (Å²) in [6.45, 7) is 4.80. The van der Waals surface area contributed by atoms with E-state index in [-0.39, 0.29) is 11.9 Å². The standard InChI is InChI=1S/C15H21ClN2O2/c1-10-9-12(7-8-17-10)18-15(19)11(2)20-14-6-4-3-5-13(14)16/h3-6,10-12,17H,7-9H2,1-2H3,(H,18,19). The van der Waals surface area contributed by atoms with E-state index in [0.29, 0.717) is 16.8 Å². The second-order valence-electron chi connectivity index (χ2n) is 5.28. The molecule has 2 rings (SSSR count). The fourth-order valence-corrected chi connectivity index (χ4v) is 2.55. The fraction of sp³-hybridized carbons (Fsp3) is 0.533. The Morgan fingerprint density at radius 3 is 2.95 bits per heavy atom. The van der Waals surface area contributed by atoms with Crippen LogP contribution < -0.4 is 15.4 Å². The molecule has 4 nitrogen and oxygen atoms in total. The van der Waals surface area contributed by atoms with E-state index in [9.17, 15) is 4.79 Å². The molecule has 3 unspecified atom stereocenters. The molecule has 1 aromatic carbocycles. The summed E-state index contributed by atoms with van der Waals surface area (Å²) in [5, 5.41) is 6.92. The van der Waals surface area contributed by atoms with Crippen molar-refractivity contribution in [3.8, 4) is 5.75 Å². The highest BCUT2D eigenvalue weighted by Crippen LogP contribution is 2.24. The van der Waals surface area contributed by atoms with Crippen LogP contribution in [0.4, 0.5) is 0 Å². The lowest BCUT2D eigenvalue weighted by Crippen LogP contribution is -2.49. The van der Waals surface area contributed by atoms with Crippen molar-refractivity contribution in [1.82, 2.24) is 10.6 Å². The van der Waals surface area contributed by atoms with Gasteiger partial charge in [0.05, 0.1) is 5.02 Å². The summed E-state index contributed by atoms with van der Waals surface area (Å²) in [6.07, 6.45) is 1.35. The molecule has 1 fully saturated rings. The first-order valence-electron chi connectivity index (χ1n) is 7.01. The number of para-hydroxylation sites is 1. The average Bonchev–Trinajstić information content (AvgIpc) is 2.41. The number of halogens is 1. The number of carbonyl (C=O) groups excluding carboxylic acids is 1. The number of benzene rings is 1. The number of hydrogen-bond donors (Lipinski definition) is 2. The maximum absolute atomic E-state index is 12.1. The molecule has 0 saturated carbocycles. The van der Waals surface area contributed by atoms with Gasteiger partial charge in [-0.3, -0.25) is 4.79 Å². The molecular formula is C15H21ClN2O2. The Morgan fingerprint density at radius 2 is 2.25 bits per heavy atom. The Morgan fingerprint density at radius 1 is 1.50 bits per heavy atom. The minimum Gasteiger partial charge on any atom is -0.479 e. The van der Waals surface area contributed by atoms with Crippen LogP contribution in [0.15, 0.2) is 24.3 Å². The molecule has 20 heavy (non-hydrogen) atoms. The maximum atomic E-state index is 12.1. The van der Waals surface area contributed by atoms with Gasteiger partial charge in [0.15, 0.2) is 6.10 Å². The van der Waals surface area contributed by atoms with Gasteiger partial charge >= 0.3 is 0 Å². The summed E-state index contributed by atoms with van der Waals surface area (Å²) in [5.74, 6) is 0.444. The summed E-state index contributed by atoms with van der Waals surface area (Å²) >= 11 is 6.02. The molecule has 3 atom stereocenters. The van der Waals surface area contributed by atoms with E-state index >= 15 is 0 Å². The van der Waals surface area contributed by atoms with Crippen molar-refractivity contribution < 1.29 is 9.53 Å².